The van der Waals surface area contributed by atoms with E-state index < -0.39 is 0 Å². The van der Waals surface area contributed by atoms with Gasteiger partial charge in [0.1, 0.15) is 0 Å². The second kappa shape index (κ2) is 6.58. The smallest absolute Gasteiger partial charge is 0.0672 e. The molecule has 1 atom stereocenters. The molecule has 2 rings (SSSR count). The predicted molar refractivity (Wildman–Crippen MR) is 79.0 cm³/mol. The first kappa shape index (κ1) is 13.9. The van der Waals surface area contributed by atoms with E-state index in [0.29, 0.717) is 5.92 Å². The summed E-state index contributed by atoms with van der Waals surface area (Å²) < 4.78 is 0. The average molecular weight is 257 g/mol. The minimum atomic E-state index is 0.156. The van der Waals surface area contributed by atoms with Crippen molar-refractivity contribution in [2.24, 2.45) is 11.8 Å². The Morgan fingerprint density at radius 3 is 2.26 bits per heavy atom. The van der Waals surface area contributed by atoms with Crippen LogP contribution in [0.2, 0.25) is 0 Å². The third kappa shape index (κ3) is 3.71. The first-order valence-electron chi connectivity index (χ1n) is 7.12. The number of para-hydroxylation sites is 1. The Morgan fingerprint density at radius 2 is 1.74 bits per heavy atom. The monoisotopic (exact) mass is 257 g/mol. The Labute approximate surface area is 116 Å². The Morgan fingerprint density at radius 1 is 1.11 bits per heavy atom. The van der Waals surface area contributed by atoms with Crippen molar-refractivity contribution in [3.63, 3.8) is 0 Å². The van der Waals surface area contributed by atoms with Crippen LogP contribution in [0.3, 0.4) is 0 Å². The van der Waals surface area contributed by atoms with Crippen LogP contribution < -0.4 is 4.90 Å². The minimum Gasteiger partial charge on any atom is -0.369 e. The molecule has 0 spiro atoms. The summed E-state index contributed by atoms with van der Waals surface area (Å²) in [6.07, 6.45) is 0. The Balaban J connectivity index is 1.85. The lowest BCUT2D eigenvalue weighted by molar-refractivity contribution is 0.217. The molecule has 1 saturated heterocycles. The summed E-state index contributed by atoms with van der Waals surface area (Å²) in [7, 11) is 0. The molecule has 3 heteroatoms. The largest absolute Gasteiger partial charge is 0.369 e. The third-order valence-corrected chi connectivity index (χ3v) is 3.92. The maximum absolute atomic E-state index is 9.17. The van der Waals surface area contributed by atoms with Crippen LogP contribution in [0.1, 0.15) is 13.8 Å². The van der Waals surface area contributed by atoms with E-state index >= 15 is 0 Å². The highest BCUT2D eigenvalue weighted by Gasteiger charge is 2.21. The first-order chi connectivity index (χ1) is 9.20. The van der Waals surface area contributed by atoms with Crippen LogP contribution in [0, 0.1) is 23.2 Å². The molecule has 0 amide bonds. The molecule has 3 nitrogen and oxygen atoms in total. The van der Waals surface area contributed by atoms with Gasteiger partial charge in [0.2, 0.25) is 0 Å². The topological polar surface area (TPSA) is 30.3 Å². The maximum Gasteiger partial charge on any atom is 0.0672 e. The summed E-state index contributed by atoms with van der Waals surface area (Å²) in [5.74, 6) is 0.598. The fraction of sp³-hybridized carbons (Fsp3) is 0.562. The Kier molecular flexibility index (Phi) is 4.81. The predicted octanol–water partition coefficient (Wildman–Crippen LogP) is 2.60. The van der Waals surface area contributed by atoms with Gasteiger partial charge in [-0.1, -0.05) is 32.0 Å². The summed E-state index contributed by atoms with van der Waals surface area (Å²) in [5, 5.41) is 9.17. The highest BCUT2D eigenvalue weighted by Crippen LogP contribution is 2.17. The second-order valence-corrected chi connectivity index (χ2v) is 5.60. The van der Waals surface area contributed by atoms with E-state index in [-0.39, 0.29) is 5.92 Å². The van der Waals surface area contributed by atoms with Crippen molar-refractivity contribution < 1.29 is 0 Å². The van der Waals surface area contributed by atoms with Crippen LogP contribution in [0.15, 0.2) is 30.3 Å². The van der Waals surface area contributed by atoms with Crippen LogP contribution in [0.5, 0.6) is 0 Å². The van der Waals surface area contributed by atoms with Crippen LogP contribution in [0.25, 0.3) is 0 Å². The number of nitriles is 1. The highest BCUT2D eigenvalue weighted by atomic mass is 15.3. The van der Waals surface area contributed by atoms with Crippen molar-refractivity contribution in [1.82, 2.24) is 4.90 Å². The molecule has 0 aliphatic carbocycles. The molecule has 0 radical (unpaired) electrons. The molecule has 0 aromatic heterocycles. The van der Waals surface area contributed by atoms with E-state index in [1.165, 1.54) is 5.69 Å². The summed E-state index contributed by atoms with van der Waals surface area (Å²) in [4.78, 5) is 4.85. The van der Waals surface area contributed by atoms with Gasteiger partial charge in [-0.2, -0.15) is 5.26 Å². The molecular weight excluding hydrogens is 234 g/mol. The van der Waals surface area contributed by atoms with Gasteiger partial charge in [0.15, 0.2) is 0 Å². The highest BCUT2D eigenvalue weighted by molar-refractivity contribution is 5.46. The van der Waals surface area contributed by atoms with Crippen LogP contribution in [-0.2, 0) is 0 Å². The fourth-order valence-electron chi connectivity index (χ4n) is 2.51. The van der Waals surface area contributed by atoms with E-state index in [2.05, 4.69) is 60.0 Å². The fourth-order valence-corrected chi connectivity index (χ4v) is 2.51. The normalized spacial score (nSPS) is 18.3. The zero-order valence-corrected chi connectivity index (χ0v) is 11.9. The lowest BCUT2D eigenvalue weighted by Crippen LogP contribution is -2.48. The molecule has 1 unspecified atom stereocenters. The molecule has 1 aliphatic rings. The summed E-state index contributed by atoms with van der Waals surface area (Å²) in [5.41, 5.74) is 1.31. The maximum atomic E-state index is 9.17. The van der Waals surface area contributed by atoms with E-state index in [9.17, 15) is 5.26 Å². The first-order valence-corrected chi connectivity index (χ1v) is 7.12. The Bertz CT molecular complexity index is 413. The number of benzene rings is 1. The van der Waals surface area contributed by atoms with Gasteiger partial charge in [-0.15, -0.1) is 0 Å². The number of hydrogen-bond acceptors (Lipinski definition) is 3. The summed E-state index contributed by atoms with van der Waals surface area (Å²) >= 11 is 0. The second-order valence-electron chi connectivity index (χ2n) is 5.60. The zero-order chi connectivity index (χ0) is 13.7. The minimum absolute atomic E-state index is 0.156. The lowest BCUT2D eigenvalue weighted by Gasteiger charge is -2.37. The van der Waals surface area contributed by atoms with E-state index in [1.807, 2.05) is 0 Å². The van der Waals surface area contributed by atoms with Crippen molar-refractivity contribution >= 4 is 5.69 Å². The van der Waals surface area contributed by atoms with Gasteiger partial charge >= 0.3 is 0 Å². The average Bonchev–Trinajstić information content (AvgIpc) is 2.46. The van der Waals surface area contributed by atoms with Gasteiger partial charge in [-0.05, 0) is 18.1 Å². The molecule has 0 bridgehead atoms. The quantitative estimate of drug-likeness (QED) is 0.830. The molecule has 102 valence electrons. The molecule has 1 aliphatic heterocycles. The molecule has 19 heavy (non-hydrogen) atoms. The van der Waals surface area contributed by atoms with Gasteiger partial charge < -0.3 is 4.90 Å². The molecule has 1 aromatic carbocycles. The number of anilines is 1. The van der Waals surface area contributed by atoms with Gasteiger partial charge in [0, 0.05) is 38.4 Å². The number of piperazine rings is 1. The van der Waals surface area contributed by atoms with Crippen molar-refractivity contribution in [2.75, 3.05) is 37.6 Å². The zero-order valence-electron chi connectivity index (χ0n) is 11.9. The molecule has 0 N–H and O–H groups in total. The van der Waals surface area contributed by atoms with Gasteiger partial charge in [-0.25, -0.2) is 0 Å². The van der Waals surface area contributed by atoms with Gasteiger partial charge in [-0.3, -0.25) is 4.90 Å². The van der Waals surface area contributed by atoms with Gasteiger partial charge in [0.25, 0.3) is 0 Å². The van der Waals surface area contributed by atoms with Crippen molar-refractivity contribution in [3.8, 4) is 6.07 Å². The van der Waals surface area contributed by atoms with Crippen LogP contribution >= 0.6 is 0 Å². The van der Waals surface area contributed by atoms with E-state index in [1.54, 1.807) is 0 Å². The van der Waals surface area contributed by atoms with Crippen molar-refractivity contribution in [3.05, 3.63) is 30.3 Å². The Hall–Kier alpha value is -1.53. The molecule has 1 heterocycles. The van der Waals surface area contributed by atoms with Crippen LogP contribution in [0.4, 0.5) is 5.69 Å². The SMILES string of the molecule is CC(C)C(C#N)CN1CCN(c2ccccc2)CC1. The third-order valence-electron chi connectivity index (χ3n) is 3.92. The number of hydrogen-bond donors (Lipinski definition) is 0. The standard InChI is InChI=1S/C16H23N3/c1-14(2)15(12-17)13-18-8-10-19(11-9-18)16-6-4-3-5-7-16/h3-7,14-15H,8-11,13H2,1-2H3. The summed E-state index contributed by atoms with van der Waals surface area (Å²) in [6, 6.07) is 13.0. The molecule has 1 aromatic rings. The van der Waals surface area contributed by atoms with Crippen molar-refractivity contribution in [1.29, 1.82) is 5.26 Å². The van der Waals surface area contributed by atoms with Gasteiger partial charge in [0.05, 0.1) is 12.0 Å². The van der Waals surface area contributed by atoms with E-state index in [4.69, 9.17) is 0 Å². The number of nitrogens with zero attached hydrogens (tertiary/aromatic N) is 3. The summed E-state index contributed by atoms with van der Waals surface area (Å²) in [6.45, 7) is 9.40. The molecule has 0 saturated carbocycles. The molecule has 1 fully saturated rings. The lowest BCUT2D eigenvalue weighted by atomic mass is 9.96. The molecular formula is C16H23N3. The van der Waals surface area contributed by atoms with Crippen molar-refractivity contribution in [2.45, 2.75) is 13.8 Å². The number of rotatable bonds is 4. The van der Waals surface area contributed by atoms with E-state index in [0.717, 1.165) is 32.7 Å². The van der Waals surface area contributed by atoms with Crippen LogP contribution in [-0.4, -0.2) is 37.6 Å².